The molecule has 1 amide bonds. The first-order valence-corrected chi connectivity index (χ1v) is 6.56. The fourth-order valence-corrected chi connectivity index (χ4v) is 2.08. The number of anilines is 1. The van der Waals surface area contributed by atoms with Crippen LogP contribution >= 0.6 is 24.0 Å². The maximum Gasteiger partial charge on any atom is 0.234 e. The van der Waals surface area contributed by atoms with Crippen LogP contribution in [0.2, 0.25) is 0 Å². The topological polar surface area (TPSA) is 55.1 Å². The predicted octanol–water partition coefficient (Wildman–Crippen LogP) is 2.17. The van der Waals surface area contributed by atoms with Crippen LogP contribution in [-0.2, 0) is 4.79 Å². The maximum absolute atomic E-state index is 13.2. The van der Waals surface area contributed by atoms with Gasteiger partial charge in [-0.15, -0.1) is 0 Å². The summed E-state index contributed by atoms with van der Waals surface area (Å²) in [6.45, 7) is 0. The molecule has 0 fully saturated rings. The van der Waals surface area contributed by atoms with Gasteiger partial charge in [0, 0.05) is 12.2 Å². The molecule has 0 aliphatic carbocycles. The number of halogens is 1. The first-order valence-electron chi connectivity index (χ1n) is 5.00. The number of hydrogen-bond donors (Lipinski definition) is 2. The molecule has 1 aromatic carbocycles. The zero-order chi connectivity index (χ0) is 12.7. The first-order chi connectivity index (χ1) is 8.09. The third kappa shape index (κ3) is 5.65. The summed E-state index contributed by atoms with van der Waals surface area (Å²) in [7, 11) is 0. The molecular formula is C11H13FN2OS2. The quantitative estimate of drug-likeness (QED) is 0.615. The van der Waals surface area contributed by atoms with E-state index in [1.54, 1.807) is 12.1 Å². The average Bonchev–Trinajstić information content (AvgIpc) is 2.27. The van der Waals surface area contributed by atoms with Crippen molar-refractivity contribution in [2.24, 2.45) is 5.73 Å². The van der Waals surface area contributed by atoms with E-state index < -0.39 is 5.82 Å². The predicted molar refractivity (Wildman–Crippen MR) is 73.8 cm³/mol. The molecule has 0 radical (unpaired) electrons. The minimum atomic E-state index is -0.436. The van der Waals surface area contributed by atoms with Gasteiger partial charge in [-0.05, 0) is 12.1 Å². The number of amides is 1. The summed E-state index contributed by atoms with van der Waals surface area (Å²) in [5.74, 6) is 0.286. The van der Waals surface area contributed by atoms with Gasteiger partial charge in [-0.1, -0.05) is 24.4 Å². The van der Waals surface area contributed by atoms with E-state index in [4.69, 9.17) is 18.0 Å². The normalized spacial score (nSPS) is 9.94. The van der Waals surface area contributed by atoms with Crippen LogP contribution in [0.25, 0.3) is 0 Å². The Labute approximate surface area is 109 Å². The van der Waals surface area contributed by atoms with Crippen molar-refractivity contribution in [1.82, 2.24) is 0 Å². The molecule has 0 saturated heterocycles. The van der Waals surface area contributed by atoms with Crippen LogP contribution in [0.4, 0.5) is 10.1 Å². The number of carbonyl (C=O) groups excluding carboxylic acids is 1. The monoisotopic (exact) mass is 272 g/mol. The van der Waals surface area contributed by atoms with Crippen LogP contribution in [0.5, 0.6) is 0 Å². The zero-order valence-electron chi connectivity index (χ0n) is 9.11. The van der Waals surface area contributed by atoms with E-state index in [0.717, 1.165) is 0 Å². The summed E-state index contributed by atoms with van der Waals surface area (Å²) in [4.78, 5) is 11.9. The molecule has 0 aliphatic heterocycles. The molecule has 0 atom stereocenters. The Balaban J connectivity index is 2.30. The summed E-state index contributed by atoms with van der Waals surface area (Å²) in [6, 6.07) is 6.06. The number of benzene rings is 1. The van der Waals surface area contributed by atoms with Crippen molar-refractivity contribution in [2.75, 3.05) is 16.8 Å². The van der Waals surface area contributed by atoms with E-state index in [2.05, 4.69) is 5.32 Å². The van der Waals surface area contributed by atoms with E-state index in [1.807, 2.05) is 0 Å². The molecule has 0 unspecified atom stereocenters. The van der Waals surface area contributed by atoms with Gasteiger partial charge >= 0.3 is 0 Å². The van der Waals surface area contributed by atoms with Crippen LogP contribution in [0.15, 0.2) is 24.3 Å². The molecule has 3 N–H and O–H groups in total. The van der Waals surface area contributed by atoms with Crippen LogP contribution in [0.3, 0.4) is 0 Å². The molecule has 3 nitrogen and oxygen atoms in total. The van der Waals surface area contributed by atoms with Gasteiger partial charge in [-0.3, -0.25) is 4.79 Å². The fraction of sp³-hybridized carbons (Fsp3) is 0.273. The second-order valence-electron chi connectivity index (χ2n) is 3.30. The Morgan fingerprint density at radius 3 is 2.82 bits per heavy atom. The molecule has 0 bridgehead atoms. The highest BCUT2D eigenvalue weighted by molar-refractivity contribution is 8.00. The number of hydrogen-bond acceptors (Lipinski definition) is 3. The van der Waals surface area contributed by atoms with Gasteiger partial charge in [-0.25, -0.2) is 4.39 Å². The van der Waals surface area contributed by atoms with Crippen molar-refractivity contribution in [3.63, 3.8) is 0 Å². The third-order valence-electron chi connectivity index (χ3n) is 1.87. The summed E-state index contributed by atoms with van der Waals surface area (Å²) < 4.78 is 13.2. The van der Waals surface area contributed by atoms with Crippen molar-refractivity contribution >= 4 is 40.6 Å². The van der Waals surface area contributed by atoms with Crippen molar-refractivity contribution < 1.29 is 9.18 Å². The largest absolute Gasteiger partial charge is 0.393 e. The Morgan fingerprint density at radius 2 is 2.18 bits per heavy atom. The van der Waals surface area contributed by atoms with Gasteiger partial charge in [0.2, 0.25) is 5.91 Å². The third-order valence-corrected chi connectivity index (χ3v) is 3.04. The number of nitrogens with one attached hydrogen (secondary N) is 1. The van der Waals surface area contributed by atoms with Crippen molar-refractivity contribution in [3.05, 3.63) is 30.1 Å². The van der Waals surface area contributed by atoms with Crippen LogP contribution in [0.1, 0.15) is 6.42 Å². The molecule has 0 saturated carbocycles. The molecule has 0 spiro atoms. The van der Waals surface area contributed by atoms with Crippen molar-refractivity contribution in [2.45, 2.75) is 6.42 Å². The Hall–Kier alpha value is -1.14. The van der Waals surface area contributed by atoms with Crippen LogP contribution in [0, 0.1) is 5.82 Å². The number of para-hydroxylation sites is 1. The summed E-state index contributed by atoms with van der Waals surface area (Å²) >= 11 is 6.12. The van der Waals surface area contributed by atoms with E-state index in [1.165, 1.54) is 23.9 Å². The second kappa shape index (κ2) is 7.24. The molecule has 1 aromatic rings. The van der Waals surface area contributed by atoms with E-state index >= 15 is 0 Å². The first kappa shape index (κ1) is 13.9. The lowest BCUT2D eigenvalue weighted by Gasteiger charge is -2.05. The fourth-order valence-electron chi connectivity index (χ4n) is 1.09. The standard InChI is InChI=1S/C11H13FN2OS2/c12-8-3-1-2-4-9(8)14-11(15)7-17-6-5-10(13)16/h1-4H,5-7H2,(H2,13,16)(H,14,15). The van der Waals surface area contributed by atoms with Gasteiger partial charge < -0.3 is 11.1 Å². The molecule has 92 valence electrons. The highest BCUT2D eigenvalue weighted by atomic mass is 32.2. The van der Waals surface area contributed by atoms with Gasteiger partial charge in [0.05, 0.1) is 16.4 Å². The van der Waals surface area contributed by atoms with Crippen molar-refractivity contribution in [1.29, 1.82) is 0 Å². The molecule has 0 aromatic heterocycles. The molecule has 0 heterocycles. The van der Waals surface area contributed by atoms with E-state index in [9.17, 15) is 9.18 Å². The lowest BCUT2D eigenvalue weighted by Crippen LogP contribution is -2.16. The van der Waals surface area contributed by atoms with E-state index in [-0.39, 0.29) is 17.3 Å². The van der Waals surface area contributed by atoms with E-state index in [0.29, 0.717) is 17.2 Å². The van der Waals surface area contributed by atoms with Crippen molar-refractivity contribution in [3.8, 4) is 0 Å². The van der Waals surface area contributed by atoms with Gasteiger partial charge in [0.1, 0.15) is 5.82 Å². The molecule has 0 aliphatic rings. The second-order valence-corrected chi connectivity index (χ2v) is 4.93. The Kier molecular flexibility index (Phi) is 5.93. The number of thioether (sulfide) groups is 1. The van der Waals surface area contributed by atoms with Gasteiger partial charge in [0.25, 0.3) is 0 Å². The molecule has 17 heavy (non-hydrogen) atoms. The lowest BCUT2D eigenvalue weighted by atomic mass is 10.3. The highest BCUT2D eigenvalue weighted by Gasteiger charge is 2.05. The minimum absolute atomic E-state index is 0.201. The number of thiocarbonyl (C=S) groups is 1. The molecule has 6 heteroatoms. The highest BCUT2D eigenvalue weighted by Crippen LogP contribution is 2.13. The smallest absolute Gasteiger partial charge is 0.234 e. The molecular weight excluding hydrogens is 259 g/mol. The zero-order valence-corrected chi connectivity index (χ0v) is 10.7. The van der Waals surface area contributed by atoms with Gasteiger partial charge in [-0.2, -0.15) is 11.8 Å². The summed E-state index contributed by atoms with van der Waals surface area (Å²) in [6.07, 6.45) is 0.604. The number of carbonyl (C=O) groups is 1. The summed E-state index contributed by atoms with van der Waals surface area (Å²) in [5.41, 5.74) is 5.52. The van der Waals surface area contributed by atoms with Crippen LogP contribution < -0.4 is 11.1 Å². The van der Waals surface area contributed by atoms with Gasteiger partial charge in [0.15, 0.2) is 0 Å². The lowest BCUT2D eigenvalue weighted by molar-refractivity contribution is -0.113. The molecule has 1 rings (SSSR count). The summed E-state index contributed by atoms with van der Waals surface area (Å²) in [5, 5.41) is 2.50. The number of rotatable bonds is 6. The Bertz CT molecular complexity index is 412. The SMILES string of the molecule is NC(=S)CCSCC(=O)Nc1ccccc1F. The number of nitrogens with two attached hydrogens (primary N) is 1. The maximum atomic E-state index is 13.2. The van der Waals surface area contributed by atoms with Crippen LogP contribution in [-0.4, -0.2) is 22.4 Å². The Morgan fingerprint density at radius 1 is 1.47 bits per heavy atom. The minimum Gasteiger partial charge on any atom is -0.393 e. The average molecular weight is 272 g/mol.